The molecule has 0 aromatic rings. The third-order valence-electron chi connectivity index (χ3n) is 5.21. The minimum absolute atomic E-state index is 0.232. The number of carbonyl (C=O) groups excluding carboxylic acids is 1. The third kappa shape index (κ3) is 3.50. The molecular weight excluding hydrogens is 236 g/mol. The molecule has 1 saturated heterocycles. The Morgan fingerprint density at radius 3 is 2.42 bits per heavy atom. The molecule has 1 heterocycles. The third-order valence-corrected chi connectivity index (χ3v) is 5.21. The monoisotopic (exact) mass is 266 g/mol. The van der Waals surface area contributed by atoms with Gasteiger partial charge in [-0.15, -0.1) is 0 Å². The van der Waals surface area contributed by atoms with Crippen molar-refractivity contribution in [3.05, 3.63) is 0 Å². The fourth-order valence-corrected chi connectivity index (χ4v) is 3.71. The highest BCUT2D eigenvalue weighted by Crippen LogP contribution is 2.36. The fraction of sp³-hybridized carbons (Fsp3) is 0.938. The molecule has 0 spiro atoms. The molecule has 1 unspecified atom stereocenters. The van der Waals surface area contributed by atoms with Gasteiger partial charge in [-0.05, 0) is 38.0 Å². The molecule has 3 nitrogen and oxygen atoms in total. The summed E-state index contributed by atoms with van der Waals surface area (Å²) in [6, 6.07) is 0. The quantitative estimate of drug-likeness (QED) is 0.781. The van der Waals surface area contributed by atoms with Crippen molar-refractivity contribution < 1.29 is 4.79 Å². The van der Waals surface area contributed by atoms with E-state index in [1.165, 1.54) is 32.1 Å². The second-order valence-corrected chi connectivity index (χ2v) is 6.73. The van der Waals surface area contributed by atoms with E-state index in [1.807, 2.05) is 0 Å². The molecule has 1 saturated carbocycles. The highest BCUT2D eigenvalue weighted by Gasteiger charge is 2.40. The van der Waals surface area contributed by atoms with Gasteiger partial charge in [0, 0.05) is 19.6 Å². The summed E-state index contributed by atoms with van der Waals surface area (Å²) in [5.41, 5.74) is 5.80. The number of hydrogen-bond donors (Lipinski definition) is 1. The SMILES string of the molecule is CC1CCCN(C(=O)C2(CN)CCCCCC2)CC1. The summed E-state index contributed by atoms with van der Waals surface area (Å²) in [6.45, 7) is 4.74. The fourth-order valence-electron chi connectivity index (χ4n) is 3.71. The highest BCUT2D eigenvalue weighted by atomic mass is 16.2. The van der Waals surface area contributed by atoms with Crippen LogP contribution in [0.4, 0.5) is 0 Å². The van der Waals surface area contributed by atoms with E-state index in [-0.39, 0.29) is 5.41 Å². The second-order valence-electron chi connectivity index (χ2n) is 6.73. The molecule has 2 rings (SSSR count). The van der Waals surface area contributed by atoms with Crippen LogP contribution in [0, 0.1) is 11.3 Å². The molecule has 2 fully saturated rings. The summed E-state index contributed by atoms with van der Waals surface area (Å²) < 4.78 is 0. The van der Waals surface area contributed by atoms with E-state index in [2.05, 4.69) is 11.8 Å². The van der Waals surface area contributed by atoms with Crippen molar-refractivity contribution in [2.24, 2.45) is 17.1 Å². The Kier molecular flexibility index (Phi) is 5.26. The summed E-state index contributed by atoms with van der Waals surface area (Å²) in [5.74, 6) is 1.13. The lowest BCUT2D eigenvalue weighted by atomic mass is 9.79. The molecule has 19 heavy (non-hydrogen) atoms. The largest absolute Gasteiger partial charge is 0.342 e. The minimum atomic E-state index is -0.232. The predicted molar refractivity (Wildman–Crippen MR) is 78.8 cm³/mol. The van der Waals surface area contributed by atoms with E-state index in [0.717, 1.165) is 44.7 Å². The Balaban J connectivity index is 2.06. The van der Waals surface area contributed by atoms with E-state index >= 15 is 0 Å². The van der Waals surface area contributed by atoms with Crippen LogP contribution in [0.5, 0.6) is 0 Å². The summed E-state index contributed by atoms with van der Waals surface area (Å²) in [7, 11) is 0. The van der Waals surface area contributed by atoms with Gasteiger partial charge in [-0.3, -0.25) is 4.79 Å². The zero-order valence-corrected chi connectivity index (χ0v) is 12.5. The van der Waals surface area contributed by atoms with E-state index in [1.54, 1.807) is 0 Å². The van der Waals surface area contributed by atoms with Crippen LogP contribution in [-0.2, 0) is 4.79 Å². The lowest BCUT2D eigenvalue weighted by Gasteiger charge is -2.35. The number of amides is 1. The topological polar surface area (TPSA) is 46.3 Å². The van der Waals surface area contributed by atoms with E-state index in [9.17, 15) is 4.79 Å². The van der Waals surface area contributed by atoms with Crippen molar-refractivity contribution in [3.8, 4) is 0 Å². The molecule has 3 heteroatoms. The van der Waals surface area contributed by atoms with Gasteiger partial charge in [0.25, 0.3) is 0 Å². The number of nitrogens with zero attached hydrogens (tertiary/aromatic N) is 1. The van der Waals surface area contributed by atoms with E-state index < -0.39 is 0 Å². The molecule has 1 amide bonds. The number of hydrogen-bond acceptors (Lipinski definition) is 2. The van der Waals surface area contributed by atoms with Crippen molar-refractivity contribution >= 4 is 5.91 Å². The van der Waals surface area contributed by atoms with Crippen molar-refractivity contribution in [2.45, 2.75) is 64.7 Å². The summed E-state index contributed by atoms with van der Waals surface area (Å²) in [5, 5.41) is 0. The van der Waals surface area contributed by atoms with Gasteiger partial charge in [0.1, 0.15) is 0 Å². The van der Waals surface area contributed by atoms with Crippen LogP contribution in [0.2, 0.25) is 0 Å². The summed E-state index contributed by atoms with van der Waals surface area (Å²) in [4.78, 5) is 15.1. The first kappa shape index (κ1) is 14.8. The average molecular weight is 266 g/mol. The van der Waals surface area contributed by atoms with Crippen molar-refractivity contribution in [1.29, 1.82) is 0 Å². The molecule has 0 aromatic heterocycles. The Morgan fingerprint density at radius 2 is 1.79 bits per heavy atom. The van der Waals surface area contributed by atoms with E-state index in [0.29, 0.717) is 12.5 Å². The van der Waals surface area contributed by atoms with Gasteiger partial charge in [0.2, 0.25) is 5.91 Å². The minimum Gasteiger partial charge on any atom is -0.342 e. The van der Waals surface area contributed by atoms with Crippen LogP contribution in [0.3, 0.4) is 0 Å². The molecule has 2 N–H and O–H groups in total. The van der Waals surface area contributed by atoms with Crippen LogP contribution in [0.15, 0.2) is 0 Å². The van der Waals surface area contributed by atoms with Gasteiger partial charge < -0.3 is 10.6 Å². The highest BCUT2D eigenvalue weighted by molar-refractivity contribution is 5.83. The van der Waals surface area contributed by atoms with Crippen molar-refractivity contribution in [2.75, 3.05) is 19.6 Å². The zero-order valence-electron chi connectivity index (χ0n) is 12.5. The second kappa shape index (κ2) is 6.74. The lowest BCUT2D eigenvalue weighted by Crippen LogP contribution is -2.48. The van der Waals surface area contributed by atoms with Crippen LogP contribution >= 0.6 is 0 Å². The normalized spacial score (nSPS) is 28.5. The van der Waals surface area contributed by atoms with Gasteiger partial charge in [0.15, 0.2) is 0 Å². The standard InChI is InChI=1S/C16H30N2O/c1-14-7-6-11-18(12-8-14)15(19)16(13-17)9-4-2-3-5-10-16/h14H,2-13,17H2,1H3. The van der Waals surface area contributed by atoms with Gasteiger partial charge in [-0.2, -0.15) is 0 Å². The average Bonchev–Trinajstić information content (AvgIpc) is 2.79. The summed E-state index contributed by atoms with van der Waals surface area (Å²) in [6.07, 6.45) is 10.5. The first-order valence-electron chi connectivity index (χ1n) is 8.17. The van der Waals surface area contributed by atoms with Gasteiger partial charge in [-0.1, -0.05) is 32.6 Å². The molecular formula is C16H30N2O. The van der Waals surface area contributed by atoms with Crippen molar-refractivity contribution in [1.82, 2.24) is 4.90 Å². The summed E-state index contributed by atoms with van der Waals surface area (Å²) >= 11 is 0. The van der Waals surface area contributed by atoms with Crippen molar-refractivity contribution in [3.63, 3.8) is 0 Å². The van der Waals surface area contributed by atoms with Crippen LogP contribution in [0.1, 0.15) is 64.7 Å². The smallest absolute Gasteiger partial charge is 0.230 e. The Bertz CT molecular complexity index is 295. The molecule has 110 valence electrons. The van der Waals surface area contributed by atoms with E-state index in [4.69, 9.17) is 5.73 Å². The Labute approximate surface area is 117 Å². The molecule has 0 aromatic carbocycles. The maximum atomic E-state index is 13.0. The Hall–Kier alpha value is -0.570. The predicted octanol–water partition coefficient (Wildman–Crippen LogP) is 2.93. The molecule has 2 aliphatic rings. The Morgan fingerprint density at radius 1 is 1.11 bits per heavy atom. The van der Waals surface area contributed by atoms with Gasteiger partial charge in [0.05, 0.1) is 5.41 Å². The van der Waals surface area contributed by atoms with Crippen LogP contribution in [0.25, 0.3) is 0 Å². The van der Waals surface area contributed by atoms with Crippen LogP contribution in [-0.4, -0.2) is 30.4 Å². The van der Waals surface area contributed by atoms with Gasteiger partial charge in [-0.25, -0.2) is 0 Å². The molecule has 0 radical (unpaired) electrons. The zero-order chi connectivity index (χ0) is 13.7. The maximum Gasteiger partial charge on any atom is 0.230 e. The number of rotatable bonds is 2. The first-order chi connectivity index (χ1) is 9.18. The van der Waals surface area contributed by atoms with Gasteiger partial charge >= 0.3 is 0 Å². The number of nitrogens with two attached hydrogens (primary N) is 1. The molecule has 1 aliphatic carbocycles. The molecule has 1 atom stereocenters. The number of likely N-dealkylation sites (tertiary alicyclic amines) is 1. The van der Waals surface area contributed by atoms with Crippen LogP contribution < -0.4 is 5.73 Å². The molecule has 1 aliphatic heterocycles. The molecule has 0 bridgehead atoms. The first-order valence-corrected chi connectivity index (χ1v) is 8.17. The maximum absolute atomic E-state index is 13.0. The number of carbonyl (C=O) groups is 1. The lowest BCUT2D eigenvalue weighted by molar-refractivity contribution is -0.142.